The first-order valence-electron chi connectivity index (χ1n) is 12.7. The molecular weight excluding hydrogens is 561 g/mol. The lowest BCUT2D eigenvalue weighted by Crippen LogP contribution is -2.54. The third kappa shape index (κ3) is 4.90. The van der Waals surface area contributed by atoms with Crippen molar-refractivity contribution in [2.24, 2.45) is 0 Å². The van der Waals surface area contributed by atoms with Gasteiger partial charge in [0.25, 0.3) is 0 Å². The number of benzene rings is 1. The first-order chi connectivity index (χ1) is 19.7. The Kier molecular flexibility index (Phi) is 6.68. The van der Waals surface area contributed by atoms with Gasteiger partial charge in [0.1, 0.15) is 22.8 Å². The van der Waals surface area contributed by atoms with Crippen LogP contribution >= 0.6 is 11.3 Å². The first-order valence-corrected chi connectivity index (χ1v) is 13.5. The summed E-state index contributed by atoms with van der Waals surface area (Å²) in [5, 5.41) is -0.636. The molecule has 1 saturated heterocycles. The molecule has 5 heterocycles. The van der Waals surface area contributed by atoms with E-state index >= 15 is 0 Å². The number of amides is 1. The number of rotatable bonds is 6. The van der Waals surface area contributed by atoms with Crippen molar-refractivity contribution in [2.75, 3.05) is 38.8 Å². The summed E-state index contributed by atoms with van der Waals surface area (Å²) in [5.74, 6) is 0.978. The number of nitrogens with zero attached hydrogens (tertiary/aromatic N) is 7. The Bertz CT molecular complexity index is 1710. The van der Waals surface area contributed by atoms with Crippen LogP contribution in [0.5, 0.6) is 11.5 Å². The molecule has 214 valence electrons. The van der Waals surface area contributed by atoms with Crippen LogP contribution in [0, 0.1) is 0 Å². The number of halogens is 3. The molecule has 4 aromatic heterocycles. The van der Waals surface area contributed by atoms with Crippen molar-refractivity contribution in [3.05, 3.63) is 41.8 Å². The minimum Gasteiger partial charge on any atom is -0.493 e. The fourth-order valence-electron chi connectivity index (χ4n) is 5.01. The molecule has 0 aliphatic carbocycles. The number of piperazine rings is 1. The molecule has 1 amide bonds. The maximum Gasteiger partial charge on any atom is 0.443 e. The van der Waals surface area contributed by atoms with Crippen molar-refractivity contribution in [3.8, 4) is 23.0 Å². The maximum atomic E-state index is 13.8. The number of carbonyl (C=O) groups is 1. The molecule has 0 saturated carbocycles. The van der Waals surface area contributed by atoms with Gasteiger partial charge in [-0.2, -0.15) is 13.2 Å². The van der Waals surface area contributed by atoms with Gasteiger partial charge in [-0.25, -0.2) is 19.9 Å². The second-order valence-corrected chi connectivity index (χ2v) is 10.6. The fraction of sp³-hybridized carbons (Fsp3) is 0.346. The molecule has 1 unspecified atom stereocenters. The highest BCUT2D eigenvalue weighted by Gasteiger charge is 2.39. The van der Waals surface area contributed by atoms with Gasteiger partial charge in [-0.05, 0) is 19.1 Å². The van der Waals surface area contributed by atoms with E-state index in [9.17, 15) is 18.0 Å². The fourth-order valence-corrected chi connectivity index (χ4v) is 5.98. The second kappa shape index (κ2) is 10.2. The van der Waals surface area contributed by atoms with E-state index in [1.165, 1.54) is 14.2 Å². The number of fused-ring (bicyclic) bond motifs is 2. The first kappa shape index (κ1) is 26.8. The van der Waals surface area contributed by atoms with E-state index in [4.69, 9.17) is 9.47 Å². The number of hydrogen-bond donors (Lipinski definition) is 1. The van der Waals surface area contributed by atoms with Crippen LogP contribution in [0.1, 0.15) is 11.9 Å². The van der Waals surface area contributed by atoms with Crippen LogP contribution in [0.15, 0.2) is 36.8 Å². The van der Waals surface area contributed by atoms with Crippen molar-refractivity contribution in [1.82, 2.24) is 34.4 Å². The smallest absolute Gasteiger partial charge is 0.443 e. The van der Waals surface area contributed by atoms with Crippen LogP contribution in [0.4, 0.5) is 18.2 Å². The van der Waals surface area contributed by atoms with Crippen LogP contribution in [0.3, 0.4) is 0 Å². The Morgan fingerprint density at radius 2 is 1.90 bits per heavy atom. The van der Waals surface area contributed by atoms with Crippen LogP contribution < -0.4 is 14.4 Å². The number of H-pyrrole nitrogens is 1. The van der Waals surface area contributed by atoms with Crippen LogP contribution in [0.25, 0.3) is 33.7 Å². The lowest BCUT2D eigenvalue weighted by Gasteiger charge is -2.40. The quantitative estimate of drug-likeness (QED) is 0.315. The summed E-state index contributed by atoms with van der Waals surface area (Å²) in [5.41, 5.74) is 2.46. The number of nitrogens with one attached hydrogen (secondary N) is 1. The second-order valence-electron chi connectivity index (χ2n) is 9.58. The number of alkyl halides is 3. The van der Waals surface area contributed by atoms with E-state index < -0.39 is 11.2 Å². The molecule has 1 aromatic carbocycles. The maximum absolute atomic E-state index is 13.8. The average Bonchev–Trinajstić information content (AvgIpc) is 3.68. The summed E-state index contributed by atoms with van der Waals surface area (Å²) in [7, 11) is 2.99. The van der Waals surface area contributed by atoms with Gasteiger partial charge in [-0.1, -0.05) is 11.3 Å². The zero-order valence-corrected chi connectivity index (χ0v) is 23.1. The number of ether oxygens (including phenoxy) is 2. The number of thiazole rings is 1. The summed E-state index contributed by atoms with van der Waals surface area (Å²) in [6, 6.07) is 6.65. The molecule has 1 N–H and O–H groups in total. The molecule has 11 nitrogen and oxygen atoms in total. The van der Waals surface area contributed by atoms with E-state index in [2.05, 4.69) is 24.9 Å². The molecule has 0 spiro atoms. The number of aromatic amines is 1. The highest BCUT2D eigenvalue weighted by molar-refractivity contribution is 7.16. The minimum absolute atomic E-state index is 0.0633. The molecule has 1 aliphatic heterocycles. The predicted octanol–water partition coefficient (Wildman–Crippen LogP) is 4.20. The largest absolute Gasteiger partial charge is 0.493 e. The third-order valence-electron chi connectivity index (χ3n) is 6.98. The molecule has 0 radical (unpaired) electrons. The van der Waals surface area contributed by atoms with Gasteiger partial charge in [-0.3, -0.25) is 4.79 Å². The number of aromatic nitrogens is 6. The Morgan fingerprint density at radius 3 is 2.63 bits per heavy atom. The van der Waals surface area contributed by atoms with Gasteiger partial charge >= 0.3 is 6.18 Å². The van der Waals surface area contributed by atoms with Crippen molar-refractivity contribution in [3.63, 3.8) is 0 Å². The summed E-state index contributed by atoms with van der Waals surface area (Å²) in [4.78, 5) is 37.0. The number of pyridine rings is 1. The summed E-state index contributed by atoms with van der Waals surface area (Å²) in [6.07, 6.45) is -1.40. The monoisotopic (exact) mass is 586 g/mol. The number of anilines is 1. The molecular formula is C26H25F3N8O3S. The van der Waals surface area contributed by atoms with Gasteiger partial charge in [0.15, 0.2) is 23.0 Å². The SMILES string of the molecule is COc1cc2nc(-c3nc(C(F)(F)F)sc3N3CCN(C(=O)Cn4cnc5cccnc54)C(C)C3)[nH]c2cc1OC. The van der Waals surface area contributed by atoms with E-state index in [-0.39, 0.29) is 30.0 Å². The van der Waals surface area contributed by atoms with Gasteiger partial charge in [0.2, 0.25) is 10.9 Å². The number of imidazole rings is 2. The van der Waals surface area contributed by atoms with E-state index in [1.807, 2.05) is 17.9 Å². The third-order valence-corrected chi connectivity index (χ3v) is 8.14. The Hall–Kier alpha value is -4.40. The highest BCUT2D eigenvalue weighted by atomic mass is 32.1. The average molecular weight is 587 g/mol. The van der Waals surface area contributed by atoms with Crippen molar-refractivity contribution >= 4 is 44.4 Å². The molecule has 1 fully saturated rings. The lowest BCUT2D eigenvalue weighted by atomic mass is 10.2. The van der Waals surface area contributed by atoms with Gasteiger partial charge in [0.05, 0.1) is 31.6 Å². The predicted molar refractivity (Wildman–Crippen MR) is 146 cm³/mol. The normalized spacial score (nSPS) is 16.1. The van der Waals surface area contributed by atoms with Crippen LogP contribution in [-0.2, 0) is 17.5 Å². The summed E-state index contributed by atoms with van der Waals surface area (Å²) >= 11 is 0.566. The highest BCUT2D eigenvalue weighted by Crippen LogP contribution is 2.43. The zero-order chi connectivity index (χ0) is 28.9. The van der Waals surface area contributed by atoms with Crippen molar-refractivity contribution in [1.29, 1.82) is 0 Å². The lowest BCUT2D eigenvalue weighted by molar-refractivity contribution is -0.137. The molecule has 5 aromatic rings. The molecule has 15 heteroatoms. The van der Waals surface area contributed by atoms with Gasteiger partial charge in [0, 0.05) is 44.0 Å². The molecule has 1 atom stereocenters. The van der Waals surface area contributed by atoms with Crippen LogP contribution in [0.2, 0.25) is 0 Å². The standard InChI is InChI=1S/C26H25F3N8O3S/c1-14-11-35(7-8-37(14)20(38)12-36-13-31-15-5-4-6-30-23(15)36)24-21(34-25(41-24)26(27,28)29)22-32-16-9-18(39-2)19(40-3)10-17(16)33-22/h4-6,9-10,13-14H,7-8,11-12H2,1-3H3,(H,32,33). The van der Waals surface area contributed by atoms with Crippen LogP contribution in [-0.4, -0.2) is 80.2 Å². The van der Waals surface area contributed by atoms with E-state index in [1.54, 1.807) is 40.2 Å². The molecule has 6 rings (SSSR count). The Balaban J connectivity index is 1.27. The zero-order valence-electron chi connectivity index (χ0n) is 22.3. The number of methoxy groups -OCH3 is 2. The number of carbonyl (C=O) groups excluding carboxylic acids is 1. The Morgan fingerprint density at radius 1 is 1.12 bits per heavy atom. The summed E-state index contributed by atoms with van der Waals surface area (Å²) < 4.78 is 53.8. The molecule has 0 bridgehead atoms. The minimum atomic E-state index is -4.62. The van der Waals surface area contributed by atoms with E-state index in [0.717, 1.165) is 0 Å². The van der Waals surface area contributed by atoms with E-state index in [0.29, 0.717) is 69.7 Å². The van der Waals surface area contributed by atoms with Crippen molar-refractivity contribution in [2.45, 2.75) is 25.7 Å². The molecule has 1 aliphatic rings. The number of hydrogen-bond acceptors (Lipinski definition) is 9. The molecule has 41 heavy (non-hydrogen) atoms. The van der Waals surface area contributed by atoms with Crippen molar-refractivity contribution < 1.29 is 27.4 Å². The van der Waals surface area contributed by atoms with Gasteiger partial charge < -0.3 is 28.8 Å². The topological polar surface area (TPSA) is 114 Å². The van der Waals surface area contributed by atoms with Gasteiger partial charge in [-0.15, -0.1) is 0 Å². The Labute approximate surface area is 235 Å². The summed E-state index contributed by atoms with van der Waals surface area (Å²) in [6.45, 7) is 2.91.